The van der Waals surface area contributed by atoms with Crippen LogP contribution in [0, 0.1) is 0 Å². The fourth-order valence-corrected chi connectivity index (χ4v) is 1.36. The fourth-order valence-electron chi connectivity index (χ4n) is 1.36. The van der Waals surface area contributed by atoms with Crippen LogP contribution < -0.4 is 0 Å². The molecule has 0 aromatic heterocycles. The molecule has 0 fully saturated rings. The van der Waals surface area contributed by atoms with E-state index in [9.17, 15) is 14.4 Å². The maximum Gasteiger partial charge on any atom is 0.330 e. The van der Waals surface area contributed by atoms with Gasteiger partial charge in [0.25, 0.3) is 0 Å². The number of carboxylic acids is 3. The Bertz CT molecular complexity index is 559. The maximum atomic E-state index is 10.3. The lowest BCUT2D eigenvalue weighted by molar-refractivity contribution is -0.133. The van der Waals surface area contributed by atoms with E-state index in [1.807, 2.05) is 19.0 Å². The van der Waals surface area contributed by atoms with Crippen molar-refractivity contribution in [2.75, 3.05) is 20.6 Å². The molecular formula is C21H37NO6. The molecule has 7 nitrogen and oxygen atoms in total. The summed E-state index contributed by atoms with van der Waals surface area (Å²) in [6.45, 7) is 9.47. The molecule has 0 radical (unpaired) electrons. The van der Waals surface area contributed by atoms with Crippen molar-refractivity contribution in [3.8, 4) is 0 Å². The van der Waals surface area contributed by atoms with Crippen LogP contribution in [0.3, 0.4) is 0 Å². The Kier molecular flexibility index (Phi) is 21.0. The topological polar surface area (TPSA) is 115 Å². The van der Waals surface area contributed by atoms with Crippen molar-refractivity contribution in [2.24, 2.45) is 0 Å². The third kappa shape index (κ3) is 23.6. The summed E-state index contributed by atoms with van der Waals surface area (Å²) in [5, 5.41) is 25.0. The Morgan fingerprint density at radius 3 is 1.43 bits per heavy atom. The van der Waals surface area contributed by atoms with E-state index >= 15 is 0 Å². The number of allylic oxidation sites excluding steroid dienone is 2. The van der Waals surface area contributed by atoms with Gasteiger partial charge in [-0.05, 0) is 54.6 Å². The molecule has 0 aliphatic carbocycles. The number of hydrogen-bond acceptors (Lipinski definition) is 4. The normalized spacial score (nSPS) is 11.8. The largest absolute Gasteiger partial charge is 0.478 e. The number of aliphatic carboxylic acids is 3. The summed E-state index contributed by atoms with van der Waals surface area (Å²) in [5.41, 5.74) is 1.26. The Morgan fingerprint density at radius 2 is 1.18 bits per heavy atom. The second-order valence-corrected chi connectivity index (χ2v) is 6.40. The van der Waals surface area contributed by atoms with Crippen molar-refractivity contribution >= 4 is 17.9 Å². The molecule has 0 bridgehead atoms. The van der Waals surface area contributed by atoms with Crippen LogP contribution in [0.2, 0.25) is 0 Å². The van der Waals surface area contributed by atoms with Crippen LogP contribution in [0.25, 0.3) is 0 Å². The molecule has 0 aromatic rings. The Morgan fingerprint density at radius 1 is 0.786 bits per heavy atom. The van der Waals surface area contributed by atoms with Crippen molar-refractivity contribution < 1.29 is 29.7 Å². The fraction of sp³-hybridized carbons (Fsp3) is 0.571. The monoisotopic (exact) mass is 399 g/mol. The van der Waals surface area contributed by atoms with Gasteiger partial charge in [0.2, 0.25) is 0 Å². The molecule has 0 amide bonds. The lowest BCUT2D eigenvalue weighted by Crippen LogP contribution is -2.12. The van der Waals surface area contributed by atoms with Gasteiger partial charge in [-0.3, -0.25) is 0 Å². The molecule has 0 spiro atoms. The molecule has 0 aromatic carbocycles. The van der Waals surface area contributed by atoms with Crippen LogP contribution in [-0.4, -0.2) is 58.8 Å². The molecule has 0 saturated heterocycles. The van der Waals surface area contributed by atoms with E-state index in [2.05, 4.69) is 6.92 Å². The van der Waals surface area contributed by atoms with E-state index < -0.39 is 17.9 Å². The minimum Gasteiger partial charge on any atom is -0.478 e. The number of unbranched alkanes of at least 4 members (excludes halogenated alkanes) is 2. The van der Waals surface area contributed by atoms with Gasteiger partial charge in [-0.15, -0.1) is 0 Å². The van der Waals surface area contributed by atoms with Gasteiger partial charge in [-0.25, -0.2) is 14.4 Å². The van der Waals surface area contributed by atoms with Crippen LogP contribution in [0.15, 0.2) is 34.9 Å². The van der Waals surface area contributed by atoms with E-state index in [-0.39, 0.29) is 0 Å². The van der Waals surface area contributed by atoms with Gasteiger partial charge in [-0.1, -0.05) is 38.0 Å². The SMILES string of the molecule is CC(=CCCN(C)C)C(=O)O.CC=C(C)C(=O)O.CCCCC=C(C)C(=O)O. The zero-order chi connectivity index (χ0) is 22.7. The highest BCUT2D eigenvalue weighted by Crippen LogP contribution is 2.00. The number of nitrogens with zero attached hydrogens (tertiary/aromatic N) is 1. The molecule has 0 heterocycles. The van der Waals surface area contributed by atoms with E-state index in [1.165, 1.54) is 0 Å². The summed E-state index contributed by atoms with van der Waals surface area (Å²) in [6, 6.07) is 0. The average molecular weight is 400 g/mol. The third-order valence-corrected chi connectivity index (χ3v) is 3.48. The predicted octanol–water partition coefficient (Wildman–Crippen LogP) is 4.21. The predicted molar refractivity (Wildman–Crippen MR) is 113 cm³/mol. The molecule has 162 valence electrons. The van der Waals surface area contributed by atoms with Crippen molar-refractivity contribution in [2.45, 2.75) is 60.3 Å². The Labute approximate surface area is 169 Å². The van der Waals surface area contributed by atoms with Gasteiger partial charge in [0.15, 0.2) is 0 Å². The smallest absolute Gasteiger partial charge is 0.330 e. The number of carboxylic acid groups (broad SMARTS) is 3. The van der Waals surface area contributed by atoms with Gasteiger partial charge >= 0.3 is 17.9 Å². The van der Waals surface area contributed by atoms with Crippen LogP contribution in [-0.2, 0) is 14.4 Å². The highest BCUT2D eigenvalue weighted by atomic mass is 16.4. The summed E-state index contributed by atoms with van der Waals surface area (Å²) >= 11 is 0. The molecule has 3 N–H and O–H groups in total. The molecule has 0 unspecified atom stereocenters. The average Bonchev–Trinajstić information content (AvgIpc) is 2.61. The first-order valence-electron chi connectivity index (χ1n) is 9.21. The number of hydrogen-bond donors (Lipinski definition) is 3. The number of rotatable bonds is 9. The quantitative estimate of drug-likeness (QED) is 0.393. The Balaban J connectivity index is -0.000000343. The first-order chi connectivity index (χ1) is 12.9. The minimum absolute atomic E-state index is 0.389. The van der Waals surface area contributed by atoms with Crippen molar-refractivity contribution in [1.82, 2.24) is 4.90 Å². The van der Waals surface area contributed by atoms with Crippen LogP contribution in [0.5, 0.6) is 0 Å². The standard InChI is InChI=1S/C8H15NO2.C8H14O2.C5H8O2/c1-7(8(10)11)5-4-6-9(2)3;1-3-4-5-6-7(2)8(9)10;1-3-4(2)5(6)7/h5H,4,6H2,1-3H3,(H,10,11);6H,3-5H2,1-2H3,(H,9,10);3H,1-2H3,(H,6,7). The van der Waals surface area contributed by atoms with Gasteiger partial charge in [-0.2, -0.15) is 0 Å². The highest BCUT2D eigenvalue weighted by molar-refractivity contribution is 5.86. The summed E-state index contributed by atoms with van der Waals surface area (Å²) in [5.74, 6) is -2.48. The highest BCUT2D eigenvalue weighted by Gasteiger charge is 1.98. The summed E-state index contributed by atoms with van der Waals surface area (Å²) < 4.78 is 0. The van der Waals surface area contributed by atoms with Gasteiger partial charge < -0.3 is 20.2 Å². The minimum atomic E-state index is -0.845. The van der Waals surface area contributed by atoms with Crippen molar-refractivity contribution in [3.63, 3.8) is 0 Å². The first-order valence-corrected chi connectivity index (χ1v) is 9.21. The summed E-state index contributed by atoms with van der Waals surface area (Å²) in [6.07, 6.45) is 8.93. The zero-order valence-electron chi connectivity index (χ0n) is 18.3. The van der Waals surface area contributed by atoms with Gasteiger partial charge in [0.1, 0.15) is 0 Å². The van der Waals surface area contributed by atoms with Crippen molar-refractivity contribution in [1.29, 1.82) is 0 Å². The first kappa shape index (κ1) is 30.3. The molecule has 7 heteroatoms. The van der Waals surface area contributed by atoms with Gasteiger partial charge in [0.05, 0.1) is 0 Å². The lowest BCUT2D eigenvalue weighted by atomic mass is 10.2. The number of carbonyl (C=O) groups is 3. The van der Waals surface area contributed by atoms with Crippen LogP contribution >= 0.6 is 0 Å². The lowest BCUT2D eigenvalue weighted by Gasteiger charge is -2.05. The summed E-state index contributed by atoms with van der Waals surface area (Å²) in [4.78, 5) is 32.4. The van der Waals surface area contributed by atoms with Crippen LogP contribution in [0.4, 0.5) is 0 Å². The molecule has 0 rings (SSSR count). The molecule has 0 atom stereocenters. The Hall–Kier alpha value is -2.41. The second-order valence-electron chi connectivity index (χ2n) is 6.40. The van der Waals surface area contributed by atoms with Gasteiger partial charge in [0, 0.05) is 23.3 Å². The third-order valence-electron chi connectivity index (χ3n) is 3.48. The molecule has 0 saturated carbocycles. The summed E-state index contributed by atoms with van der Waals surface area (Å²) in [7, 11) is 3.92. The van der Waals surface area contributed by atoms with Crippen molar-refractivity contribution in [3.05, 3.63) is 34.9 Å². The molecule has 0 aliphatic heterocycles. The zero-order valence-corrected chi connectivity index (χ0v) is 18.3. The van der Waals surface area contributed by atoms with E-state index in [0.29, 0.717) is 16.7 Å². The van der Waals surface area contributed by atoms with E-state index in [1.54, 1.807) is 45.9 Å². The molecule has 0 aliphatic rings. The van der Waals surface area contributed by atoms with Crippen LogP contribution in [0.1, 0.15) is 60.3 Å². The molecule has 28 heavy (non-hydrogen) atoms. The molecular weight excluding hydrogens is 362 g/mol. The maximum absolute atomic E-state index is 10.3. The van der Waals surface area contributed by atoms with E-state index in [0.717, 1.165) is 32.2 Å². The van der Waals surface area contributed by atoms with E-state index in [4.69, 9.17) is 15.3 Å². The second kappa shape index (κ2) is 19.4.